The van der Waals surface area contributed by atoms with Crippen molar-refractivity contribution in [2.75, 3.05) is 0 Å². The fraction of sp³-hybridized carbons (Fsp3) is 0.500. The van der Waals surface area contributed by atoms with Gasteiger partial charge in [0.2, 0.25) is 12.2 Å². The van der Waals surface area contributed by atoms with Crippen LogP contribution in [0.3, 0.4) is 0 Å². The van der Waals surface area contributed by atoms with Gasteiger partial charge < -0.3 is 34.6 Å². The van der Waals surface area contributed by atoms with Crippen LogP contribution in [0.25, 0.3) is 0 Å². The summed E-state index contributed by atoms with van der Waals surface area (Å²) >= 11 is 0. The van der Waals surface area contributed by atoms with Crippen LogP contribution in [0.4, 0.5) is 0 Å². The second kappa shape index (κ2) is 9.29. The molecule has 4 N–H and O–H groups in total. The lowest BCUT2D eigenvalue weighted by molar-refractivity contribution is -0.193. The summed E-state index contributed by atoms with van der Waals surface area (Å²) in [5, 5.41) is 35.5. The van der Waals surface area contributed by atoms with Gasteiger partial charge >= 0.3 is 35.8 Å². The standard InChI is InChI=1S/C12H14O13/c1-3(13)23-7(10(19)20)8(24-4(2)14)12(22)25-11(21)6(16)5(15)9(17)18/h5-8,15-16H,1-2H3,(H,17,18)(H,19,20). The Bertz CT molecular complexity index is 580. The average Bonchev–Trinajstić information content (AvgIpc) is 2.47. The van der Waals surface area contributed by atoms with E-state index < -0.39 is 60.2 Å². The fourth-order valence-corrected chi connectivity index (χ4v) is 1.31. The number of aliphatic hydroxyl groups is 2. The molecule has 0 aliphatic heterocycles. The Morgan fingerprint density at radius 1 is 0.680 bits per heavy atom. The molecule has 0 radical (unpaired) electrons. The number of hydrogen-bond donors (Lipinski definition) is 4. The number of carboxylic acid groups (broad SMARTS) is 2. The molecule has 0 rings (SSSR count). The molecule has 4 atom stereocenters. The van der Waals surface area contributed by atoms with E-state index in [4.69, 9.17) is 15.3 Å². The van der Waals surface area contributed by atoms with Crippen molar-refractivity contribution in [2.45, 2.75) is 38.3 Å². The maximum Gasteiger partial charge on any atom is 0.359 e. The van der Waals surface area contributed by atoms with Crippen molar-refractivity contribution in [1.29, 1.82) is 0 Å². The monoisotopic (exact) mass is 366 g/mol. The van der Waals surface area contributed by atoms with E-state index in [9.17, 15) is 33.9 Å². The summed E-state index contributed by atoms with van der Waals surface area (Å²) in [5.41, 5.74) is 0. The number of rotatable bonds is 8. The normalized spacial score (nSPS) is 15.0. The molecule has 0 heterocycles. The Morgan fingerprint density at radius 3 is 1.48 bits per heavy atom. The molecule has 0 aliphatic carbocycles. The SMILES string of the molecule is CC(=O)OC(C(=O)O)C(OC(C)=O)C(=O)OC(=O)C(O)C(O)C(=O)O. The minimum atomic E-state index is -2.70. The lowest BCUT2D eigenvalue weighted by Crippen LogP contribution is -2.48. The molecule has 25 heavy (non-hydrogen) atoms. The molecule has 0 saturated carbocycles. The van der Waals surface area contributed by atoms with Gasteiger partial charge in [-0.25, -0.2) is 19.2 Å². The maximum atomic E-state index is 11.8. The molecule has 0 amide bonds. The van der Waals surface area contributed by atoms with Gasteiger partial charge in [-0.2, -0.15) is 0 Å². The summed E-state index contributed by atoms with van der Waals surface area (Å²) < 4.78 is 12.6. The Balaban J connectivity index is 5.39. The van der Waals surface area contributed by atoms with Crippen molar-refractivity contribution in [2.24, 2.45) is 0 Å². The van der Waals surface area contributed by atoms with E-state index in [1.165, 1.54) is 0 Å². The highest BCUT2D eigenvalue weighted by Crippen LogP contribution is 2.10. The molecule has 13 nitrogen and oxygen atoms in total. The zero-order valence-corrected chi connectivity index (χ0v) is 12.8. The molecule has 0 fully saturated rings. The molecule has 0 bridgehead atoms. The number of carboxylic acids is 2. The summed E-state index contributed by atoms with van der Waals surface area (Å²) in [4.78, 5) is 66.5. The van der Waals surface area contributed by atoms with Crippen LogP contribution < -0.4 is 0 Å². The van der Waals surface area contributed by atoms with Crippen LogP contribution in [0.5, 0.6) is 0 Å². The predicted molar refractivity (Wildman–Crippen MR) is 69.5 cm³/mol. The molecule has 0 aromatic heterocycles. The molecule has 0 aromatic carbocycles. The zero-order chi connectivity index (χ0) is 19.9. The highest BCUT2D eigenvalue weighted by atomic mass is 16.6. The molecule has 0 saturated heterocycles. The van der Waals surface area contributed by atoms with Crippen LogP contribution in [-0.4, -0.2) is 80.7 Å². The number of carbonyl (C=O) groups is 6. The largest absolute Gasteiger partial charge is 0.479 e. The Kier molecular flexibility index (Phi) is 8.15. The van der Waals surface area contributed by atoms with Crippen LogP contribution in [0.15, 0.2) is 0 Å². The van der Waals surface area contributed by atoms with Gasteiger partial charge in [0.1, 0.15) is 0 Å². The topological polar surface area (TPSA) is 211 Å². The van der Waals surface area contributed by atoms with E-state index in [1.807, 2.05) is 0 Å². The zero-order valence-electron chi connectivity index (χ0n) is 12.8. The van der Waals surface area contributed by atoms with Gasteiger partial charge in [-0.05, 0) is 0 Å². The number of esters is 4. The predicted octanol–water partition coefficient (Wildman–Crippen LogP) is -3.19. The van der Waals surface area contributed by atoms with Crippen molar-refractivity contribution >= 4 is 35.8 Å². The highest BCUT2D eigenvalue weighted by Gasteiger charge is 2.43. The van der Waals surface area contributed by atoms with E-state index in [2.05, 4.69) is 14.2 Å². The highest BCUT2D eigenvalue weighted by molar-refractivity contribution is 5.96. The van der Waals surface area contributed by atoms with E-state index in [0.29, 0.717) is 0 Å². The smallest absolute Gasteiger partial charge is 0.359 e. The van der Waals surface area contributed by atoms with Crippen LogP contribution in [0.1, 0.15) is 13.8 Å². The first-order valence-corrected chi connectivity index (χ1v) is 6.30. The first-order chi connectivity index (χ1) is 11.4. The lowest BCUT2D eigenvalue weighted by atomic mass is 10.2. The molecule has 140 valence electrons. The quantitative estimate of drug-likeness (QED) is 0.190. The van der Waals surface area contributed by atoms with E-state index in [0.717, 1.165) is 13.8 Å². The second-order valence-corrected chi connectivity index (χ2v) is 4.37. The molecule has 0 aliphatic rings. The van der Waals surface area contributed by atoms with Crippen molar-refractivity contribution in [3.63, 3.8) is 0 Å². The van der Waals surface area contributed by atoms with Gasteiger partial charge in [0, 0.05) is 13.8 Å². The number of hydrogen-bond acceptors (Lipinski definition) is 11. The molecular weight excluding hydrogens is 352 g/mol. The summed E-state index contributed by atoms with van der Waals surface area (Å²) in [6.45, 7) is 1.54. The first-order valence-electron chi connectivity index (χ1n) is 6.30. The average molecular weight is 366 g/mol. The fourth-order valence-electron chi connectivity index (χ4n) is 1.31. The number of carbonyl (C=O) groups excluding carboxylic acids is 4. The van der Waals surface area contributed by atoms with Crippen LogP contribution in [0.2, 0.25) is 0 Å². The first kappa shape index (κ1) is 21.9. The minimum absolute atomic E-state index is 0.762. The maximum absolute atomic E-state index is 11.8. The third-order valence-electron chi connectivity index (χ3n) is 2.33. The molecular formula is C12H14O13. The third-order valence-corrected chi connectivity index (χ3v) is 2.33. The molecule has 4 unspecified atom stereocenters. The van der Waals surface area contributed by atoms with Gasteiger partial charge in [0.15, 0.2) is 12.2 Å². The van der Waals surface area contributed by atoms with Gasteiger partial charge in [-0.1, -0.05) is 0 Å². The summed E-state index contributed by atoms with van der Waals surface area (Å²) in [7, 11) is 0. The van der Waals surface area contributed by atoms with E-state index >= 15 is 0 Å². The van der Waals surface area contributed by atoms with Gasteiger partial charge in [-0.3, -0.25) is 9.59 Å². The lowest BCUT2D eigenvalue weighted by Gasteiger charge is -2.21. The van der Waals surface area contributed by atoms with Crippen molar-refractivity contribution < 1.29 is 63.4 Å². The van der Waals surface area contributed by atoms with Crippen LogP contribution >= 0.6 is 0 Å². The summed E-state index contributed by atoms with van der Waals surface area (Å²) in [6.07, 6.45) is -10.2. The van der Waals surface area contributed by atoms with E-state index in [1.54, 1.807) is 0 Å². The molecule has 13 heteroatoms. The van der Waals surface area contributed by atoms with Gasteiger partial charge in [-0.15, -0.1) is 0 Å². The Hall–Kier alpha value is -3.06. The van der Waals surface area contributed by atoms with Crippen molar-refractivity contribution in [1.82, 2.24) is 0 Å². The Morgan fingerprint density at radius 2 is 1.12 bits per heavy atom. The van der Waals surface area contributed by atoms with Crippen LogP contribution in [-0.2, 0) is 43.0 Å². The van der Waals surface area contributed by atoms with Crippen molar-refractivity contribution in [3.8, 4) is 0 Å². The van der Waals surface area contributed by atoms with Gasteiger partial charge in [0.05, 0.1) is 0 Å². The van der Waals surface area contributed by atoms with Gasteiger partial charge in [0.25, 0.3) is 0 Å². The summed E-state index contributed by atoms with van der Waals surface area (Å²) in [5.74, 6) is -10.2. The van der Waals surface area contributed by atoms with E-state index in [-0.39, 0.29) is 0 Å². The number of aliphatic hydroxyl groups excluding tert-OH is 2. The van der Waals surface area contributed by atoms with Crippen LogP contribution in [0, 0.1) is 0 Å². The minimum Gasteiger partial charge on any atom is -0.479 e. The number of ether oxygens (including phenoxy) is 3. The Labute approximate surface area is 138 Å². The molecule has 0 aromatic rings. The van der Waals surface area contributed by atoms with Crippen molar-refractivity contribution in [3.05, 3.63) is 0 Å². The summed E-state index contributed by atoms with van der Waals surface area (Å²) in [6, 6.07) is 0. The molecule has 0 spiro atoms. The third kappa shape index (κ3) is 6.92. The second-order valence-electron chi connectivity index (χ2n) is 4.37. The number of aliphatic carboxylic acids is 2.